The number of hydrogen-bond donors (Lipinski definition) is 1. The van der Waals surface area contributed by atoms with Crippen molar-refractivity contribution < 1.29 is 27.5 Å². The molecular formula is C24H33N3O7S. The lowest BCUT2D eigenvalue weighted by atomic mass is 10.2. The Labute approximate surface area is 205 Å². The first-order chi connectivity index (χ1) is 16.4. The zero-order valence-electron chi connectivity index (χ0n) is 20.5. The molecule has 11 heteroatoms. The third-order valence-electron chi connectivity index (χ3n) is 4.80. The number of sulfone groups is 1. The van der Waals surface area contributed by atoms with Crippen molar-refractivity contribution in [3.05, 3.63) is 46.4 Å². The summed E-state index contributed by atoms with van der Waals surface area (Å²) in [4.78, 5) is 37.2. The molecule has 0 radical (unpaired) electrons. The Balaban J connectivity index is 0.000000334. The van der Waals surface area contributed by atoms with Crippen LogP contribution in [0.1, 0.15) is 46.5 Å². The maximum Gasteiger partial charge on any atom is 0.408 e. The molecule has 0 spiro atoms. The van der Waals surface area contributed by atoms with Gasteiger partial charge in [0.15, 0.2) is 9.84 Å². The predicted molar refractivity (Wildman–Crippen MR) is 133 cm³/mol. The van der Waals surface area contributed by atoms with Gasteiger partial charge in [0.05, 0.1) is 11.9 Å². The molecule has 2 aromatic heterocycles. The van der Waals surface area contributed by atoms with Crippen LogP contribution < -0.4 is 15.6 Å². The number of amides is 1. The maximum absolute atomic E-state index is 12.4. The van der Waals surface area contributed by atoms with E-state index in [0.717, 1.165) is 29.9 Å². The molecular weight excluding hydrogens is 474 g/mol. The van der Waals surface area contributed by atoms with Crippen molar-refractivity contribution in [1.29, 1.82) is 0 Å². The summed E-state index contributed by atoms with van der Waals surface area (Å²) < 4.78 is 34.3. The number of nitrogens with zero attached hydrogens (tertiary/aromatic N) is 2. The summed E-state index contributed by atoms with van der Waals surface area (Å²) in [6, 6.07) is 3.60. The molecule has 192 valence electrons. The van der Waals surface area contributed by atoms with Crippen LogP contribution in [0.15, 0.2) is 40.8 Å². The van der Waals surface area contributed by atoms with Crippen molar-refractivity contribution in [3.63, 3.8) is 0 Å². The Kier molecular flexibility index (Phi) is 10.00. The van der Waals surface area contributed by atoms with Crippen LogP contribution in [0.4, 0.5) is 4.79 Å². The van der Waals surface area contributed by atoms with Crippen molar-refractivity contribution in [1.82, 2.24) is 14.9 Å². The van der Waals surface area contributed by atoms with E-state index in [-0.39, 0.29) is 24.8 Å². The SMILES string of the molecule is CC(C)(C)OC(=O)NCC=O.CS(=O)(=O)/C=C/Cn1ccc2cc(OC3CCCC3)ncc2c1=O. The van der Waals surface area contributed by atoms with Gasteiger partial charge in [-0.05, 0) is 57.9 Å². The van der Waals surface area contributed by atoms with Gasteiger partial charge in [-0.15, -0.1) is 0 Å². The van der Waals surface area contributed by atoms with E-state index in [9.17, 15) is 22.8 Å². The van der Waals surface area contributed by atoms with E-state index in [4.69, 9.17) is 9.47 Å². The van der Waals surface area contributed by atoms with Crippen LogP contribution in [-0.4, -0.2) is 54.9 Å². The smallest absolute Gasteiger partial charge is 0.408 e. The number of aromatic nitrogens is 2. The number of hydrogen-bond acceptors (Lipinski definition) is 8. The number of pyridine rings is 2. The van der Waals surface area contributed by atoms with Gasteiger partial charge in [-0.25, -0.2) is 18.2 Å². The summed E-state index contributed by atoms with van der Waals surface area (Å²) in [5.74, 6) is 0.545. The quantitative estimate of drug-likeness (QED) is 0.566. The molecule has 0 atom stereocenters. The van der Waals surface area contributed by atoms with E-state index in [1.165, 1.54) is 29.7 Å². The van der Waals surface area contributed by atoms with E-state index in [2.05, 4.69) is 10.3 Å². The van der Waals surface area contributed by atoms with Crippen LogP contribution in [0.25, 0.3) is 10.8 Å². The number of aldehydes is 1. The maximum atomic E-state index is 12.4. The standard InChI is InChI=1S/C17H20N2O4S.C7H13NO3/c1-24(21,22)10-4-8-19-9-7-13-11-16(18-12-15(13)17(19)20)23-14-5-2-3-6-14;1-7(2,3)11-6(10)8-4-5-9/h4,7,9-12,14H,2-3,5-6,8H2,1H3;5H,4H2,1-3H3,(H,8,10)/b10-4+;. The molecule has 10 nitrogen and oxygen atoms in total. The first kappa shape index (κ1) is 28.0. The van der Waals surface area contributed by atoms with E-state index >= 15 is 0 Å². The molecule has 0 saturated heterocycles. The molecule has 0 bridgehead atoms. The van der Waals surface area contributed by atoms with E-state index in [1.807, 2.05) is 6.07 Å². The van der Waals surface area contributed by atoms with Gasteiger partial charge in [-0.1, -0.05) is 6.08 Å². The van der Waals surface area contributed by atoms with Crippen molar-refractivity contribution in [2.45, 2.75) is 64.7 Å². The largest absolute Gasteiger partial charge is 0.474 e. The number of carbonyl (C=O) groups is 2. The summed E-state index contributed by atoms with van der Waals surface area (Å²) in [5, 5.41) is 4.62. The number of ether oxygens (including phenoxy) is 2. The second-order valence-electron chi connectivity index (χ2n) is 9.16. The molecule has 1 aliphatic carbocycles. The van der Waals surface area contributed by atoms with Gasteiger partial charge in [-0.3, -0.25) is 4.79 Å². The van der Waals surface area contributed by atoms with Crippen molar-refractivity contribution in [2.24, 2.45) is 0 Å². The molecule has 0 unspecified atom stereocenters. The monoisotopic (exact) mass is 507 g/mol. The molecule has 0 aromatic carbocycles. The van der Waals surface area contributed by atoms with Crippen LogP contribution in [0.5, 0.6) is 5.88 Å². The van der Waals surface area contributed by atoms with Gasteiger partial charge in [0, 0.05) is 36.7 Å². The van der Waals surface area contributed by atoms with Gasteiger partial charge in [0.1, 0.15) is 18.0 Å². The average Bonchev–Trinajstić information content (AvgIpc) is 3.25. The van der Waals surface area contributed by atoms with Gasteiger partial charge in [0.25, 0.3) is 5.56 Å². The van der Waals surface area contributed by atoms with E-state index in [1.54, 1.807) is 33.0 Å². The summed E-state index contributed by atoms with van der Waals surface area (Å²) in [6.07, 6.45) is 10.5. The fourth-order valence-electron chi connectivity index (χ4n) is 3.32. The molecule has 35 heavy (non-hydrogen) atoms. The number of nitrogens with one attached hydrogen (secondary N) is 1. The molecule has 1 fully saturated rings. The summed E-state index contributed by atoms with van der Waals surface area (Å²) >= 11 is 0. The molecule has 3 rings (SSSR count). The van der Waals surface area contributed by atoms with Gasteiger partial charge < -0.3 is 24.2 Å². The fourth-order valence-corrected chi connectivity index (χ4v) is 3.75. The third-order valence-corrected chi connectivity index (χ3v) is 5.49. The van der Waals surface area contributed by atoms with Crippen LogP contribution in [0.2, 0.25) is 0 Å². The lowest BCUT2D eigenvalue weighted by Crippen LogP contribution is -2.33. The zero-order chi connectivity index (χ0) is 26.1. The first-order valence-electron chi connectivity index (χ1n) is 11.3. The first-order valence-corrected chi connectivity index (χ1v) is 13.3. The number of rotatable bonds is 7. The summed E-state index contributed by atoms with van der Waals surface area (Å²) in [5.41, 5.74) is -0.710. The highest BCUT2D eigenvalue weighted by atomic mass is 32.2. The highest BCUT2D eigenvalue weighted by Gasteiger charge is 2.17. The van der Waals surface area contributed by atoms with Crippen LogP contribution in [0, 0.1) is 0 Å². The van der Waals surface area contributed by atoms with E-state index < -0.39 is 21.5 Å². The van der Waals surface area contributed by atoms with Gasteiger partial charge >= 0.3 is 6.09 Å². The van der Waals surface area contributed by atoms with Gasteiger partial charge in [-0.2, -0.15) is 0 Å². The minimum atomic E-state index is -3.19. The van der Waals surface area contributed by atoms with Crippen LogP contribution in [-0.2, 0) is 25.9 Å². The Morgan fingerprint density at radius 1 is 1.29 bits per heavy atom. The highest BCUT2D eigenvalue weighted by Crippen LogP contribution is 2.24. The Morgan fingerprint density at radius 3 is 2.57 bits per heavy atom. The lowest BCUT2D eigenvalue weighted by molar-refractivity contribution is -0.107. The minimum Gasteiger partial charge on any atom is -0.474 e. The highest BCUT2D eigenvalue weighted by molar-refractivity contribution is 7.93. The fraction of sp³-hybridized carbons (Fsp3) is 0.500. The third kappa shape index (κ3) is 10.3. The molecule has 1 aliphatic rings. The molecule has 1 saturated carbocycles. The van der Waals surface area contributed by atoms with Gasteiger partial charge in [0.2, 0.25) is 5.88 Å². The molecule has 2 heterocycles. The number of fused-ring (bicyclic) bond motifs is 1. The molecule has 1 amide bonds. The van der Waals surface area contributed by atoms with Crippen LogP contribution >= 0.6 is 0 Å². The van der Waals surface area contributed by atoms with Crippen molar-refractivity contribution in [3.8, 4) is 5.88 Å². The van der Waals surface area contributed by atoms with Crippen molar-refractivity contribution in [2.75, 3.05) is 12.8 Å². The Hall–Kier alpha value is -3.21. The number of allylic oxidation sites excluding steroid dienone is 1. The molecule has 1 N–H and O–H groups in total. The average molecular weight is 508 g/mol. The molecule has 2 aromatic rings. The second-order valence-corrected chi connectivity index (χ2v) is 11.1. The Morgan fingerprint density at radius 2 is 1.97 bits per heavy atom. The lowest BCUT2D eigenvalue weighted by Gasteiger charge is -2.18. The number of alkyl carbamates (subject to hydrolysis) is 1. The topological polar surface area (TPSA) is 134 Å². The van der Waals surface area contributed by atoms with E-state index in [0.29, 0.717) is 17.6 Å². The summed E-state index contributed by atoms with van der Waals surface area (Å²) in [7, 11) is -3.19. The zero-order valence-corrected chi connectivity index (χ0v) is 21.3. The Bertz CT molecular complexity index is 1210. The summed E-state index contributed by atoms with van der Waals surface area (Å²) in [6.45, 7) is 5.46. The predicted octanol–water partition coefficient (Wildman–Crippen LogP) is 2.99. The number of carbonyl (C=O) groups excluding carboxylic acids is 2. The van der Waals surface area contributed by atoms with Crippen LogP contribution in [0.3, 0.4) is 0 Å². The van der Waals surface area contributed by atoms with Crippen molar-refractivity contribution >= 4 is 33.0 Å². The minimum absolute atomic E-state index is 0.00505. The molecule has 0 aliphatic heterocycles. The second kappa shape index (κ2) is 12.5. The normalized spacial score (nSPS) is 14.4.